The van der Waals surface area contributed by atoms with Crippen molar-refractivity contribution >= 4 is 27.1 Å². The summed E-state index contributed by atoms with van der Waals surface area (Å²) in [7, 11) is 0. The highest BCUT2D eigenvalue weighted by Crippen LogP contribution is 2.19. The quantitative estimate of drug-likeness (QED) is 0.762. The number of aliphatic hydroxyl groups is 1. The molecule has 0 spiro atoms. The predicted molar refractivity (Wildman–Crippen MR) is 63.5 cm³/mol. The molecule has 0 saturated carbocycles. The summed E-state index contributed by atoms with van der Waals surface area (Å²) in [6.45, 7) is 1.73. The Labute approximate surface area is 91.0 Å². The summed E-state index contributed by atoms with van der Waals surface area (Å²) in [6, 6.07) is 5.80. The number of hydrogen-bond donors (Lipinski definition) is 2. The molecule has 3 nitrogen and oxygen atoms in total. The van der Waals surface area contributed by atoms with Gasteiger partial charge in [0, 0.05) is 15.5 Å². The Bertz CT molecular complexity index is 548. The zero-order chi connectivity index (χ0) is 10.8. The molecule has 0 unspecified atom stereocenters. The molecule has 0 amide bonds. The molecular formula is C11H11NO2S. The summed E-state index contributed by atoms with van der Waals surface area (Å²) in [4.78, 5) is 11.9. The fourth-order valence-electron chi connectivity index (χ4n) is 1.45. The second-order valence-corrected chi connectivity index (χ2v) is 4.22. The van der Waals surface area contributed by atoms with E-state index in [0.717, 1.165) is 10.3 Å². The zero-order valence-electron chi connectivity index (χ0n) is 8.28. The molecule has 78 valence electrons. The molecule has 0 atom stereocenters. The Morgan fingerprint density at radius 2 is 2.27 bits per heavy atom. The summed E-state index contributed by atoms with van der Waals surface area (Å²) < 4.78 is 0.967. The van der Waals surface area contributed by atoms with Gasteiger partial charge in [0.05, 0.1) is 5.69 Å². The third-order valence-electron chi connectivity index (χ3n) is 2.20. The highest BCUT2D eigenvalue weighted by Gasteiger charge is 2.04. The number of aryl methyl sites for hydroxylation is 1. The number of rotatable bonds is 2. The van der Waals surface area contributed by atoms with Gasteiger partial charge in [-0.3, -0.25) is 4.79 Å². The van der Waals surface area contributed by atoms with Crippen LogP contribution in [0, 0.1) is 6.92 Å². The minimum atomic E-state index is -0.223. The van der Waals surface area contributed by atoms with Crippen molar-refractivity contribution in [3.05, 3.63) is 39.4 Å². The molecule has 2 aromatic rings. The molecule has 0 fully saturated rings. The highest BCUT2D eigenvalue weighted by molar-refractivity contribution is 7.16. The van der Waals surface area contributed by atoms with E-state index >= 15 is 0 Å². The minimum Gasteiger partial charge on any atom is -0.377 e. The number of nitrogens with one attached hydrogen (secondary N) is 1. The lowest BCUT2D eigenvalue weighted by Crippen LogP contribution is -2.11. The fraction of sp³-hybridized carbons (Fsp3) is 0.182. The molecule has 15 heavy (non-hydrogen) atoms. The Morgan fingerprint density at radius 3 is 3.00 bits per heavy atom. The molecule has 2 N–H and O–H groups in total. The van der Waals surface area contributed by atoms with Gasteiger partial charge >= 0.3 is 0 Å². The monoisotopic (exact) mass is 221 g/mol. The van der Waals surface area contributed by atoms with Crippen molar-refractivity contribution in [2.45, 2.75) is 6.92 Å². The maximum atomic E-state index is 11.9. The summed E-state index contributed by atoms with van der Waals surface area (Å²) in [5.41, 5.74) is 1.47. The molecule has 2 rings (SSSR count). The average molecular weight is 221 g/mol. The minimum absolute atomic E-state index is 0.0542. The summed E-state index contributed by atoms with van der Waals surface area (Å²) >= 11 is 1.49. The number of benzene rings is 1. The third-order valence-corrected chi connectivity index (χ3v) is 3.16. The molecular weight excluding hydrogens is 210 g/mol. The van der Waals surface area contributed by atoms with E-state index in [1.54, 1.807) is 5.38 Å². The van der Waals surface area contributed by atoms with E-state index in [4.69, 9.17) is 5.11 Å². The molecule has 0 aliphatic carbocycles. The van der Waals surface area contributed by atoms with Gasteiger partial charge in [-0.1, -0.05) is 11.6 Å². The maximum absolute atomic E-state index is 11.9. The lowest BCUT2D eigenvalue weighted by molar-refractivity contribution is 0.325. The van der Waals surface area contributed by atoms with E-state index in [2.05, 4.69) is 5.32 Å². The Morgan fingerprint density at radius 1 is 1.47 bits per heavy atom. The molecule has 1 aromatic carbocycles. The standard InChI is InChI=1S/C11H11NO2S/c1-7-2-3-10-8(4-7)11(14)9(5-15-10)12-6-13/h2-5,12-13H,6H2,1H3. The number of anilines is 1. The fourth-order valence-corrected chi connectivity index (χ4v) is 2.31. The summed E-state index contributed by atoms with van der Waals surface area (Å²) in [5, 5.41) is 13.8. The van der Waals surface area contributed by atoms with Crippen LogP contribution in [-0.2, 0) is 0 Å². The van der Waals surface area contributed by atoms with Gasteiger partial charge in [-0.2, -0.15) is 0 Å². The van der Waals surface area contributed by atoms with Crippen molar-refractivity contribution in [1.82, 2.24) is 0 Å². The largest absolute Gasteiger partial charge is 0.377 e. The zero-order valence-corrected chi connectivity index (χ0v) is 9.10. The first-order valence-electron chi connectivity index (χ1n) is 4.59. The van der Waals surface area contributed by atoms with Gasteiger partial charge in [-0.25, -0.2) is 0 Å². The summed E-state index contributed by atoms with van der Waals surface area (Å²) in [5.74, 6) is 0. The van der Waals surface area contributed by atoms with Gasteiger partial charge in [0.15, 0.2) is 0 Å². The van der Waals surface area contributed by atoms with Gasteiger partial charge < -0.3 is 10.4 Å². The van der Waals surface area contributed by atoms with Crippen LogP contribution in [0.5, 0.6) is 0 Å². The second kappa shape index (κ2) is 4.00. The Kier molecular flexibility index (Phi) is 2.70. The van der Waals surface area contributed by atoms with Crippen LogP contribution >= 0.6 is 11.3 Å². The van der Waals surface area contributed by atoms with Crippen molar-refractivity contribution in [3.8, 4) is 0 Å². The van der Waals surface area contributed by atoms with Gasteiger partial charge in [-0.15, -0.1) is 11.3 Å². The van der Waals surface area contributed by atoms with Crippen LogP contribution in [0.3, 0.4) is 0 Å². The van der Waals surface area contributed by atoms with E-state index in [1.165, 1.54) is 11.3 Å². The predicted octanol–water partition coefficient (Wildman–Crippen LogP) is 1.93. The van der Waals surface area contributed by atoms with Gasteiger partial charge in [0.2, 0.25) is 5.43 Å². The van der Waals surface area contributed by atoms with Crippen LogP contribution in [0.1, 0.15) is 5.56 Å². The van der Waals surface area contributed by atoms with Crippen LogP contribution in [0.25, 0.3) is 10.1 Å². The van der Waals surface area contributed by atoms with Crippen LogP contribution in [0.4, 0.5) is 5.69 Å². The van der Waals surface area contributed by atoms with Crippen molar-refractivity contribution < 1.29 is 5.11 Å². The lowest BCUT2D eigenvalue weighted by Gasteiger charge is -2.03. The molecule has 0 aliphatic heterocycles. The molecule has 0 aliphatic rings. The van der Waals surface area contributed by atoms with E-state index in [9.17, 15) is 4.79 Å². The number of fused-ring (bicyclic) bond motifs is 1. The molecule has 0 radical (unpaired) electrons. The van der Waals surface area contributed by atoms with Crippen LogP contribution in [-0.4, -0.2) is 11.8 Å². The van der Waals surface area contributed by atoms with E-state index in [-0.39, 0.29) is 12.2 Å². The van der Waals surface area contributed by atoms with Gasteiger partial charge in [-0.05, 0) is 19.1 Å². The maximum Gasteiger partial charge on any atom is 0.211 e. The van der Waals surface area contributed by atoms with Crippen molar-refractivity contribution in [3.63, 3.8) is 0 Å². The van der Waals surface area contributed by atoms with Gasteiger partial charge in [0.25, 0.3) is 0 Å². The van der Waals surface area contributed by atoms with Crippen molar-refractivity contribution in [2.24, 2.45) is 0 Å². The first kappa shape index (κ1) is 10.1. The lowest BCUT2D eigenvalue weighted by atomic mass is 10.2. The summed E-state index contributed by atoms with van der Waals surface area (Å²) in [6.07, 6.45) is 0. The SMILES string of the molecule is Cc1ccc2scc(NCO)c(=O)c2c1. The molecule has 0 bridgehead atoms. The Balaban J connectivity index is 2.71. The van der Waals surface area contributed by atoms with E-state index in [0.29, 0.717) is 11.1 Å². The smallest absolute Gasteiger partial charge is 0.211 e. The number of hydrogen-bond acceptors (Lipinski definition) is 4. The average Bonchev–Trinajstić information content (AvgIpc) is 2.23. The normalized spacial score (nSPS) is 10.5. The first-order valence-corrected chi connectivity index (χ1v) is 5.47. The van der Waals surface area contributed by atoms with Gasteiger partial charge in [0.1, 0.15) is 6.73 Å². The van der Waals surface area contributed by atoms with Crippen LogP contribution in [0.2, 0.25) is 0 Å². The van der Waals surface area contributed by atoms with Crippen LogP contribution < -0.4 is 10.7 Å². The first-order chi connectivity index (χ1) is 7.22. The highest BCUT2D eigenvalue weighted by atomic mass is 32.1. The third kappa shape index (κ3) is 1.86. The molecule has 0 saturated heterocycles. The molecule has 1 heterocycles. The molecule has 4 heteroatoms. The van der Waals surface area contributed by atoms with Crippen LogP contribution in [0.15, 0.2) is 28.4 Å². The van der Waals surface area contributed by atoms with E-state index < -0.39 is 0 Å². The van der Waals surface area contributed by atoms with E-state index in [1.807, 2.05) is 25.1 Å². The van der Waals surface area contributed by atoms with Crippen molar-refractivity contribution in [2.75, 3.05) is 12.0 Å². The molecule has 1 aromatic heterocycles. The Hall–Kier alpha value is -1.39. The number of aliphatic hydroxyl groups excluding tert-OH is 1. The second-order valence-electron chi connectivity index (χ2n) is 3.31. The topological polar surface area (TPSA) is 49.3 Å². The van der Waals surface area contributed by atoms with Crippen molar-refractivity contribution in [1.29, 1.82) is 0 Å².